The summed E-state index contributed by atoms with van der Waals surface area (Å²) in [5.41, 5.74) is 1.57. The van der Waals surface area contributed by atoms with E-state index in [0.29, 0.717) is 26.2 Å². The van der Waals surface area contributed by atoms with Gasteiger partial charge in [-0.05, 0) is 43.2 Å². The van der Waals surface area contributed by atoms with E-state index in [1.807, 2.05) is 25.1 Å². The molecule has 2 aromatic carbocycles. The SMILES string of the molecule is Cc1cccc(N2CCN(S(=O)(=O)CCCNC(=O)c3c(F)cccc3F)CC2)c1. The molecule has 0 unspecified atom stereocenters. The third-order valence-corrected chi connectivity index (χ3v) is 7.01. The van der Waals surface area contributed by atoms with Crippen molar-refractivity contribution < 1.29 is 22.0 Å². The smallest absolute Gasteiger partial charge is 0.257 e. The first-order chi connectivity index (χ1) is 14.3. The van der Waals surface area contributed by atoms with Gasteiger partial charge >= 0.3 is 0 Å². The molecular formula is C21H25F2N3O3S. The monoisotopic (exact) mass is 437 g/mol. The number of benzene rings is 2. The molecule has 1 fully saturated rings. The third-order valence-electron chi connectivity index (χ3n) is 5.05. The fourth-order valence-corrected chi connectivity index (χ4v) is 4.92. The highest BCUT2D eigenvalue weighted by atomic mass is 32.2. The molecular weight excluding hydrogens is 412 g/mol. The molecule has 30 heavy (non-hydrogen) atoms. The molecule has 0 saturated carbocycles. The predicted octanol–water partition coefficient (Wildman–Crippen LogP) is 2.55. The molecule has 0 radical (unpaired) electrons. The second-order valence-electron chi connectivity index (χ2n) is 7.25. The molecule has 9 heteroatoms. The minimum absolute atomic E-state index is 0.00902. The third kappa shape index (κ3) is 5.34. The van der Waals surface area contributed by atoms with E-state index in [1.54, 1.807) is 0 Å². The molecule has 3 rings (SSSR count). The van der Waals surface area contributed by atoms with Crippen LogP contribution >= 0.6 is 0 Å². The van der Waals surface area contributed by atoms with Crippen LogP contribution in [0.1, 0.15) is 22.3 Å². The van der Waals surface area contributed by atoms with E-state index < -0.39 is 33.1 Å². The molecule has 0 aliphatic carbocycles. The number of nitrogens with one attached hydrogen (secondary N) is 1. The number of sulfonamides is 1. The van der Waals surface area contributed by atoms with E-state index in [0.717, 1.165) is 23.4 Å². The van der Waals surface area contributed by atoms with Gasteiger partial charge in [0.2, 0.25) is 10.0 Å². The van der Waals surface area contributed by atoms with Gasteiger partial charge in [-0.2, -0.15) is 4.31 Å². The lowest BCUT2D eigenvalue weighted by Gasteiger charge is -2.35. The van der Waals surface area contributed by atoms with E-state index in [4.69, 9.17) is 0 Å². The zero-order valence-electron chi connectivity index (χ0n) is 16.8. The van der Waals surface area contributed by atoms with Gasteiger partial charge < -0.3 is 10.2 Å². The zero-order valence-corrected chi connectivity index (χ0v) is 17.6. The van der Waals surface area contributed by atoms with Crippen molar-refractivity contribution in [3.63, 3.8) is 0 Å². The molecule has 2 aromatic rings. The van der Waals surface area contributed by atoms with Crippen LogP contribution in [-0.2, 0) is 10.0 Å². The van der Waals surface area contributed by atoms with Gasteiger partial charge in [0, 0.05) is 38.4 Å². The van der Waals surface area contributed by atoms with E-state index in [1.165, 1.54) is 10.4 Å². The van der Waals surface area contributed by atoms with Gasteiger partial charge in [-0.3, -0.25) is 4.79 Å². The largest absolute Gasteiger partial charge is 0.369 e. The molecule has 0 aromatic heterocycles. The summed E-state index contributed by atoms with van der Waals surface area (Å²) in [7, 11) is -3.47. The number of hydrogen-bond acceptors (Lipinski definition) is 4. The fourth-order valence-electron chi connectivity index (χ4n) is 3.44. The van der Waals surface area contributed by atoms with Gasteiger partial charge in [0.05, 0.1) is 5.75 Å². The first kappa shape index (κ1) is 22.2. The maximum absolute atomic E-state index is 13.6. The van der Waals surface area contributed by atoms with Crippen molar-refractivity contribution in [2.24, 2.45) is 0 Å². The molecule has 0 spiro atoms. The standard InChI is InChI=1S/C21H25F2N3O3S/c1-16-5-2-6-17(15-16)25-10-12-26(13-11-25)30(28,29)14-4-9-24-21(27)20-18(22)7-3-8-19(20)23/h2-3,5-8,15H,4,9-14H2,1H3,(H,24,27). The average Bonchev–Trinajstić information content (AvgIpc) is 2.71. The fraction of sp³-hybridized carbons (Fsp3) is 0.381. The first-order valence-corrected chi connectivity index (χ1v) is 11.4. The summed E-state index contributed by atoms with van der Waals surface area (Å²) in [6.45, 7) is 4.02. The Morgan fingerprint density at radius 2 is 1.67 bits per heavy atom. The van der Waals surface area contributed by atoms with Gasteiger partial charge in [0.25, 0.3) is 5.91 Å². The van der Waals surface area contributed by atoms with E-state index in [9.17, 15) is 22.0 Å². The topological polar surface area (TPSA) is 69.7 Å². The minimum Gasteiger partial charge on any atom is -0.369 e. The Morgan fingerprint density at radius 1 is 1.03 bits per heavy atom. The van der Waals surface area contributed by atoms with Crippen molar-refractivity contribution in [3.05, 3.63) is 65.2 Å². The second-order valence-corrected chi connectivity index (χ2v) is 9.34. The van der Waals surface area contributed by atoms with Crippen LogP contribution < -0.4 is 10.2 Å². The molecule has 6 nitrogen and oxygen atoms in total. The lowest BCUT2D eigenvalue weighted by Crippen LogP contribution is -2.49. The summed E-state index contributed by atoms with van der Waals surface area (Å²) >= 11 is 0. The van der Waals surface area contributed by atoms with Crippen LogP contribution in [-0.4, -0.2) is 57.1 Å². The molecule has 0 bridgehead atoms. The maximum atomic E-state index is 13.6. The van der Waals surface area contributed by atoms with E-state index in [-0.39, 0.29) is 18.7 Å². The number of carbonyl (C=O) groups excluding carboxylic acids is 1. The summed E-state index contributed by atoms with van der Waals surface area (Å²) in [6, 6.07) is 11.3. The van der Waals surface area contributed by atoms with Gasteiger partial charge in [0.1, 0.15) is 17.2 Å². The molecule has 1 aliphatic heterocycles. The van der Waals surface area contributed by atoms with Crippen molar-refractivity contribution in [1.82, 2.24) is 9.62 Å². The molecule has 1 N–H and O–H groups in total. The molecule has 162 valence electrons. The Kier molecular flexibility index (Phi) is 7.04. The number of nitrogens with zero attached hydrogens (tertiary/aromatic N) is 2. The number of carbonyl (C=O) groups is 1. The molecule has 1 amide bonds. The van der Waals surface area contributed by atoms with Gasteiger partial charge in [-0.25, -0.2) is 17.2 Å². The highest BCUT2D eigenvalue weighted by Crippen LogP contribution is 2.19. The first-order valence-electron chi connectivity index (χ1n) is 9.79. The number of amides is 1. The van der Waals surface area contributed by atoms with Crippen LogP contribution in [0.5, 0.6) is 0 Å². The summed E-state index contributed by atoms with van der Waals surface area (Å²) in [5, 5.41) is 2.38. The summed E-state index contributed by atoms with van der Waals surface area (Å²) in [6.07, 6.45) is 0.155. The van der Waals surface area contributed by atoms with Crippen molar-refractivity contribution in [1.29, 1.82) is 0 Å². The van der Waals surface area contributed by atoms with Crippen LogP contribution in [0.2, 0.25) is 0 Å². The molecule has 1 heterocycles. The second kappa shape index (κ2) is 9.53. The predicted molar refractivity (Wildman–Crippen MR) is 112 cm³/mol. The number of hydrogen-bond donors (Lipinski definition) is 1. The van der Waals surface area contributed by atoms with E-state index >= 15 is 0 Å². The molecule has 1 saturated heterocycles. The van der Waals surface area contributed by atoms with Crippen LogP contribution in [0.4, 0.5) is 14.5 Å². The Balaban J connectivity index is 1.46. The van der Waals surface area contributed by atoms with Gasteiger partial charge in [-0.1, -0.05) is 18.2 Å². The zero-order chi connectivity index (χ0) is 21.7. The summed E-state index contributed by atoms with van der Waals surface area (Å²) in [4.78, 5) is 14.1. The van der Waals surface area contributed by atoms with Gasteiger partial charge in [-0.15, -0.1) is 0 Å². The Morgan fingerprint density at radius 3 is 2.30 bits per heavy atom. The Hall–Kier alpha value is -2.52. The molecule has 0 atom stereocenters. The van der Waals surface area contributed by atoms with Crippen molar-refractivity contribution >= 4 is 21.6 Å². The Bertz CT molecular complexity index is 986. The number of piperazine rings is 1. The van der Waals surface area contributed by atoms with Gasteiger partial charge in [0.15, 0.2) is 0 Å². The number of rotatable bonds is 7. The highest BCUT2D eigenvalue weighted by Gasteiger charge is 2.27. The van der Waals surface area contributed by atoms with Crippen molar-refractivity contribution in [3.8, 4) is 0 Å². The van der Waals surface area contributed by atoms with Crippen LogP contribution in [0.25, 0.3) is 0 Å². The lowest BCUT2D eigenvalue weighted by atomic mass is 10.2. The van der Waals surface area contributed by atoms with Crippen molar-refractivity contribution in [2.75, 3.05) is 43.4 Å². The maximum Gasteiger partial charge on any atom is 0.257 e. The quantitative estimate of drug-likeness (QED) is 0.676. The normalized spacial score (nSPS) is 15.2. The number of anilines is 1. The minimum atomic E-state index is -3.47. The van der Waals surface area contributed by atoms with Crippen LogP contribution in [0.3, 0.4) is 0 Å². The average molecular weight is 438 g/mol. The summed E-state index contributed by atoms with van der Waals surface area (Å²) < 4.78 is 53.8. The van der Waals surface area contributed by atoms with Crippen LogP contribution in [0.15, 0.2) is 42.5 Å². The molecule has 1 aliphatic rings. The summed E-state index contributed by atoms with van der Waals surface area (Å²) in [5.74, 6) is -2.94. The number of halogens is 2. The highest BCUT2D eigenvalue weighted by molar-refractivity contribution is 7.89. The van der Waals surface area contributed by atoms with E-state index in [2.05, 4.69) is 16.3 Å². The van der Waals surface area contributed by atoms with Crippen LogP contribution in [0, 0.1) is 18.6 Å². The lowest BCUT2D eigenvalue weighted by molar-refractivity contribution is 0.0945. The van der Waals surface area contributed by atoms with Crippen molar-refractivity contribution in [2.45, 2.75) is 13.3 Å². The Labute approximate surface area is 175 Å². The number of aryl methyl sites for hydroxylation is 1.